The normalized spacial score (nSPS) is 17.8. The number of methoxy groups -OCH3 is 1. The number of benzene rings is 2. The Morgan fingerprint density at radius 1 is 1.38 bits per heavy atom. The first-order valence-electron chi connectivity index (χ1n) is 8.54. The van der Waals surface area contributed by atoms with Crippen LogP contribution in [0, 0.1) is 10.1 Å². The molecule has 150 valence electrons. The summed E-state index contributed by atoms with van der Waals surface area (Å²) in [6.07, 6.45) is 0.896. The number of Topliss-reactive ketones (excluding diaryl/α,β-unsaturated/α-hetero) is 1. The molecule has 0 aliphatic carbocycles. The first kappa shape index (κ1) is 20.5. The van der Waals surface area contributed by atoms with Crippen LogP contribution in [0.3, 0.4) is 0 Å². The summed E-state index contributed by atoms with van der Waals surface area (Å²) < 4.78 is 4.93. The average molecular weight is 417 g/mol. The maximum atomic E-state index is 12.9. The minimum Gasteiger partial charge on any atom is -0.490 e. The highest BCUT2D eigenvalue weighted by Crippen LogP contribution is 2.44. The molecular weight excluding hydrogens is 400 g/mol. The molecule has 1 amide bonds. The smallest absolute Gasteiger partial charge is 0.311 e. The van der Waals surface area contributed by atoms with Crippen molar-refractivity contribution in [2.45, 2.75) is 12.0 Å². The fraction of sp³-hybridized carbons (Fsp3) is 0.200. The summed E-state index contributed by atoms with van der Waals surface area (Å²) in [5, 5.41) is 22.7. The lowest BCUT2D eigenvalue weighted by Crippen LogP contribution is -2.41. The van der Waals surface area contributed by atoms with Crippen molar-refractivity contribution in [3.63, 3.8) is 0 Å². The Bertz CT molecular complexity index is 1040. The standard InChI is InChI=1S/C20H17ClN2O6/c1-3-8-22-15-6-5-13(21)10-14(15)20(26,19(22)25)11-17(24)12-4-7-18(29-2)16(9-12)23(27)28/h3-7,9-10,26H,1,8,11H2,2H3/t20-/m0/s1. The van der Waals surface area contributed by atoms with E-state index in [0.29, 0.717) is 10.7 Å². The van der Waals surface area contributed by atoms with Gasteiger partial charge in [-0.15, -0.1) is 6.58 Å². The molecule has 3 rings (SSSR count). The van der Waals surface area contributed by atoms with Crippen LogP contribution < -0.4 is 9.64 Å². The van der Waals surface area contributed by atoms with Crippen LogP contribution in [0.5, 0.6) is 5.75 Å². The summed E-state index contributed by atoms with van der Waals surface area (Å²) in [4.78, 5) is 37.6. The maximum Gasteiger partial charge on any atom is 0.311 e. The number of ketones is 1. The molecule has 2 aromatic carbocycles. The summed E-state index contributed by atoms with van der Waals surface area (Å²) in [6, 6.07) is 8.29. The molecule has 1 atom stereocenters. The van der Waals surface area contributed by atoms with E-state index in [9.17, 15) is 24.8 Å². The van der Waals surface area contributed by atoms with Crippen molar-refractivity contribution in [1.82, 2.24) is 0 Å². The second-order valence-corrected chi connectivity index (χ2v) is 6.91. The lowest BCUT2D eigenvalue weighted by atomic mass is 9.88. The van der Waals surface area contributed by atoms with Gasteiger partial charge >= 0.3 is 5.69 Å². The molecule has 8 nitrogen and oxygen atoms in total. The van der Waals surface area contributed by atoms with Crippen LogP contribution in [-0.2, 0) is 10.4 Å². The van der Waals surface area contributed by atoms with E-state index >= 15 is 0 Å². The van der Waals surface area contributed by atoms with Gasteiger partial charge in [-0.3, -0.25) is 19.7 Å². The van der Waals surface area contributed by atoms with Crippen LogP contribution in [0.15, 0.2) is 49.1 Å². The van der Waals surface area contributed by atoms with Crippen molar-refractivity contribution < 1.29 is 24.4 Å². The fourth-order valence-electron chi connectivity index (χ4n) is 3.34. The Balaban J connectivity index is 2.01. The lowest BCUT2D eigenvalue weighted by Gasteiger charge is -2.22. The van der Waals surface area contributed by atoms with Crippen molar-refractivity contribution in [2.24, 2.45) is 0 Å². The van der Waals surface area contributed by atoms with Gasteiger partial charge in [0.15, 0.2) is 17.1 Å². The van der Waals surface area contributed by atoms with Crippen LogP contribution >= 0.6 is 11.6 Å². The molecule has 1 N–H and O–H groups in total. The zero-order chi connectivity index (χ0) is 21.3. The van der Waals surface area contributed by atoms with Gasteiger partial charge in [0.1, 0.15) is 0 Å². The van der Waals surface area contributed by atoms with Crippen LogP contribution in [0.4, 0.5) is 11.4 Å². The average Bonchev–Trinajstić information content (AvgIpc) is 2.89. The molecule has 29 heavy (non-hydrogen) atoms. The summed E-state index contributed by atoms with van der Waals surface area (Å²) in [6.45, 7) is 3.74. The number of halogens is 1. The van der Waals surface area contributed by atoms with Crippen LogP contribution in [0.25, 0.3) is 0 Å². The molecule has 0 fully saturated rings. The molecule has 0 spiro atoms. The zero-order valence-electron chi connectivity index (χ0n) is 15.4. The number of anilines is 1. The molecular formula is C20H17ClN2O6. The SMILES string of the molecule is C=CCN1C(=O)[C@](O)(CC(=O)c2ccc(OC)c([N+](=O)[O-])c2)c2cc(Cl)ccc21. The number of aliphatic hydroxyl groups is 1. The van der Waals surface area contributed by atoms with Crippen molar-refractivity contribution in [2.75, 3.05) is 18.6 Å². The van der Waals surface area contributed by atoms with Gasteiger partial charge in [0.2, 0.25) is 0 Å². The number of ether oxygens (including phenoxy) is 1. The first-order valence-corrected chi connectivity index (χ1v) is 8.91. The van der Waals surface area contributed by atoms with Gasteiger partial charge in [0, 0.05) is 28.8 Å². The van der Waals surface area contributed by atoms with Crippen molar-refractivity contribution in [3.05, 3.63) is 75.3 Å². The quantitative estimate of drug-likeness (QED) is 0.321. The van der Waals surface area contributed by atoms with Crippen molar-refractivity contribution in [1.29, 1.82) is 0 Å². The van der Waals surface area contributed by atoms with E-state index in [1.807, 2.05) is 0 Å². The Labute approximate surface area is 171 Å². The maximum absolute atomic E-state index is 12.9. The van der Waals surface area contributed by atoms with Gasteiger partial charge in [-0.05, 0) is 30.3 Å². The van der Waals surface area contributed by atoms with Gasteiger partial charge < -0.3 is 14.7 Å². The van der Waals surface area contributed by atoms with Crippen LogP contribution in [0.2, 0.25) is 5.02 Å². The number of rotatable bonds is 7. The number of carbonyl (C=O) groups is 2. The number of nitro benzene ring substituents is 1. The first-order chi connectivity index (χ1) is 13.7. The van der Waals surface area contributed by atoms with Gasteiger partial charge in [-0.25, -0.2) is 0 Å². The second-order valence-electron chi connectivity index (χ2n) is 6.47. The summed E-state index contributed by atoms with van der Waals surface area (Å²) in [5.41, 5.74) is -1.93. The highest BCUT2D eigenvalue weighted by atomic mass is 35.5. The largest absolute Gasteiger partial charge is 0.490 e. The number of hydrogen-bond acceptors (Lipinski definition) is 6. The summed E-state index contributed by atoms with van der Waals surface area (Å²) >= 11 is 6.03. The Kier molecular flexibility index (Phi) is 5.41. The topological polar surface area (TPSA) is 110 Å². The van der Waals surface area contributed by atoms with E-state index < -0.39 is 28.6 Å². The predicted octanol–water partition coefficient (Wildman–Crippen LogP) is 3.25. The molecule has 2 aromatic rings. The minimum atomic E-state index is -2.14. The number of nitrogens with zero attached hydrogens (tertiary/aromatic N) is 2. The van der Waals surface area contributed by atoms with E-state index in [2.05, 4.69) is 6.58 Å². The molecule has 0 bridgehead atoms. The lowest BCUT2D eigenvalue weighted by molar-refractivity contribution is -0.385. The second kappa shape index (κ2) is 7.65. The molecule has 0 radical (unpaired) electrons. The third kappa shape index (κ3) is 3.48. The van der Waals surface area contributed by atoms with E-state index in [0.717, 1.165) is 6.07 Å². The van der Waals surface area contributed by atoms with Crippen molar-refractivity contribution >= 4 is 34.7 Å². The van der Waals surface area contributed by atoms with Gasteiger partial charge in [-0.1, -0.05) is 17.7 Å². The third-order valence-electron chi connectivity index (χ3n) is 4.72. The highest BCUT2D eigenvalue weighted by Gasteiger charge is 2.50. The van der Waals surface area contributed by atoms with Crippen LogP contribution in [0.1, 0.15) is 22.3 Å². The molecule has 1 aliphatic heterocycles. The number of carbonyl (C=O) groups excluding carboxylic acids is 2. The molecule has 9 heteroatoms. The molecule has 0 unspecified atom stereocenters. The Hall–Kier alpha value is -3.23. The fourth-order valence-corrected chi connectivity index (χ4v) is 3.52. The predicted molar refractivity (Wildman–Crippen MR) is 106 cm³/mol. The van der Waals surface area contributed by atoms with E-state index in [-0.39, 0.29) is 29.1 Å². The van der Waals surface area contributed by atoms with Gasteiger partial charge in [0.05, 0.1) is 24.1 Å². The number of amides is 1. The third-order valence-corrected chi connectivity index (χ3v) is 4.95. The Morgan fingerprint density at radius 2 is 2.10 bits per heavy atom. The number of hydrogen-bond donors (Lipinski definition) is 1. The monoisotopic (exact) mass is 416 g/mol. The molecule has 1 aliphatic rings. The molecule has 0 aromatic heterocycles. The molecule has 0 saturated carbocycles. The zero-order valence-corrected chi connectivity index (χ0v) is 16.2. The van der Waals surface area contributed by atoms with Crippen LogP contribution in [-0.4, -0.2) is 35.4 Å². The van der Waals surface area contributed by atoms with Gasteiger partial charge in [0.25, 0.3) is 5.91 Å². The van der Waals surface area contributed by atoms with E-state index in [1.165, 1.54) is 36.3 Å². The van der Waals surface area contributed by atoms with E-state index in [4.69, 9.17) is 16.3 Å². The van der Waals surface area contributed by atoms with E-state index in [1.54, 1.807) is 12.1 Å². The summed E-state index contributed by atoms with van der Waals surface area (Å²) in [5.74, 6) is -1.33. The molecule has 1 heterocycles. The molecule has 0 saturated heterocycles. The number of nitro groups is 1. The minimum absolute atomic E-state index is 0.00325. The van der Waals surface area contributed by atoms with Gasteiger partial charge in [-0.2, -0.15) is 0 Å². The Morgan fingerprint density at radius 3 is 2.72 bits per heavy atom. The summed E-state index contributed by atoms with van der Waals surface area (Å²) in [7, 11) is 1.28. The highest BCUT2D eigenvalue weighted by molar-refractivity contribution is 6.31. The number of fused-ring (bicyclic) bond motifs is 1. The van der Waals surface area contributed by atoms with Crippen molar-refractivity contribution in [3.8, 4) is 5.75 Å².